The predicted octanol–water partition coefficient (Wildman–Crippen LogP) is 1.30. The minimum Gasteiger partial charge on any atom is -0.484 e. The molecule has 6 nitrogen and oxygen atoms in total. The van der Waals surface area contributed by atoms with Gasteiger partial charge in [0, 0.05) is 13.1 Å². The molecule has 0 heterocycles. The molecule has 1 aromatic rings. The third-order valence-electron chi connectivity index (χ3n) is 2.63. The van der Waals surface area contributed by atoms with Gasteiger partial charge in [0.1, 0.15) is 5.75 Å². The highest BCUT2D eigenvalue weighted by Crippen LogP contribution is 2.16. The lowest BCUT2D eigenvalue weighted by Gasteiger charge is -2.10. The van der Waals surface area contributed by atoms with E-state index in [0.717, 1.165) is 0 Å². The van der Waals surface area contributed by atoms with Crippen molar-refractivity contribution in [2.75, 3.05) is 19.7 Å². The molecule has 0 unspecified atom stereocenters. The topological polar surface area (TPSA) is 84.5 Å². The van der Waals surface area contributed by atoms with E-state index in [1.54, 1.807) is 6.08 Å². The smallest absolute Gasteiger partial charge is 0.258 e. The maximum absolute atomic E-state index is 12.0. The van der Waals surface area contributed by atoms with Gasteiger partial charge in [-0.2, -0.15) is 0 Å². The van der Waals surface area contributed by atoms with Crippen LogP contribution in [0, 0.1) is 5.92 Å². The molecule has 0 aromatic heterocycles. The van der Waals surface area contributed by atoms with Gasteiger partial charge in [0.2, 0.25) is 10.0 Å². The zero-order valence-electron chi connectivity index (χ0n) is 12.8. The van der Waals surface area contributed by atoms with Crippen LogP contribution in [0.15, 0.2) is 41.8 Å². The Morgan fingerprint density at radius 1 is 1.32 bits per heavy atom. The van der Waals surface area contributed by atoms with Crippen LogP contribution >= 0.6 is 0 Å². The van der Waals surface area contributed by atoms with Gasteiger partial charge in [0.15, 0.2) is 6.61 Å². The van der Waals surface area contributed by atoms with Gasteiger partial charge in [-0.05, 0) is 30.2 Å². The summed E-state index contributed by atoms with van der Waals surface area (Å²) in [6.07, 6.45) is 1.57. The fourth-order valence-corrected chi connectivity index (χ4v) is 2.67. The standard InChI is InChI=1S/C15H22N2O4S/c1-4-9-16-15(18)11-21-13-5-7-14(8-6-13)22(19,20)17-10-12(2)3/h4-8,12,17H,1,9-11H2,2-3H3,(H,16,18). The summed E-state index contributed by atoms with van der Waals surface area (Å²) in [5.41, 5.74) is 0. The molecule has 0 aliphatic heterocycles. The average Bonchev–Trinajstić information content (AvgIpc) is 2.49. The van der Waals surface area contributed by atoms with Crippen molar-refractivity contribution < 1.29 is 17.9 Å². The fraction of sp³-hybridized carbons (Fsp3) is 0.400. The van der Waals surface area contributed by atoms with E-state index in [9.17, 15) is 13.2 Å². The van der Waals surface area contributed by atoms with Gasteiger partial charge in [-0.3, -0.25) is 4.79 Å². The molecule has 0 saturated carbocycles. The number of sulfonamides is 1. The SMILES string of the molecule is C=CCNC(=O)COc1ccc(S(=O)(=O)NCC(C)C)cc1. The van der Waals surface area contributed by atoms with Crippen molar-refractivity contribution in [3.63, 3.8) is 0 Å². The molecular weight excluding hydrogens is 304 g/mol. The Labute approximate surface area is 131 Å². The van der Waals surface area contributed by atoms with Gasteiger partial charge in [-0.25, -0.2) is 13.1 Å². The Hall–Kier alpha value is -1.86. The van der Waals surface area contributed by atoms with Gasteiger partial charge in [-0.1, -0.05) is 19.9 Å². The number of hydrogen-bond acceptors (Lipinski definition) is 4. The molecule has 0 spiro atoms. The molecule has 0 radical (unpaired) electrons. The first kappa shape index (κ1) is 18.2. The third-order valence-corrected chi connectivity index (χ3v) is 4.07. The molecule has 1 amide bonds. The summed E-state index contributed by atoms with van der Waals surface area (Å²) in [5, 5.41) is 2.58. The van der Waals surface area contributed by atoms with E-state index >= 15 is 0 Å². The van der Waals surface area contributed by atoms with Crippen LogP contribution in [0.5, 0.6) is 5.75 Å². The molecule has 0 bridgehead atoms. The van der Waals surface area contributed by atoms with E-state index in [0.29, 0.717) is 18.8 Å². The molecule has 0 fully saturated rings. The summed E-state index contributed by atoms with van der Waals surface area (Å²) in [6.45, 7) is 7.97. The predicted molar refractivity (Wildman–Crippen MR) is 85.2 cm³/mol. The molecule has 7 heteroatoms. The van der Waals surface area contributed by atoms with Crippen LogP contribution in [-0.2, 0) is 14.8 Å². The first-order chi connectivity index (χ1) is 10.3. The van der Waals surface area contributed by atoms with Crippen molar-refractivity contribution in [2.45, 2.75) is 18.7 Å². The number of amides is 1. The first-order valence-electron chi connectivity index (χ1n) is 6.95. The van der Waals surface area contributed by atoms with Crippen LogP contribution in [0.4, 0.5) is 0 Å². The Morgan fingerprint density at radius 3 is 2.50 bits per heavy atom. The van der Waals surface area contributed by atoms with Crippen LogP contribution in [0.2, 0.25) is 0 Å². The quantitative estimate of drug-likeness (QED) is 0.670. The van der Waals surface area contributed by atoms with Crippen molar-refractivity contribution in [3.05, 3.63) is 36.9 Å². The molecule has 122 valence electrons. The highest BCUT2D eigenvalue weighted by Gasteiger charge is 2.14. The van der Waals surface area contributed by atoms with E-state index in [4.69, 9.17) is 4.74 Å². The molecule has 0 aliphatic rings. The second kappa shape index (κ2) is 8.55. The molecule has 22 heavy (non-hydrogen) atoms. The van der Waals surface area contributed by atoms with Crippen molar-refractivity contribution >= 4 is 15.9 Å². The van der Waals surface area contributed by atoms with Gasteiger partial charge >= 0.3 is 0 Å². The second-order valence-corrected chi connectivity index (χ2v) is 6.87. The normalized spacial score (nSPS) is 11.2. The summed E-state index contributed by atoms with van der Waals surface area (Å²) in [4.78, 5) is 11.5. The van der Waals surface area contributed by atoms with E-state index < -0.39 is 10.0 Å². The van der Waals surface area contributed by atoms with Gasteiger partial charge < -0.3 is 10.1 Å². The Kier molecular flexibility index (Phi) is 7.07. The lowest BCUT2D eigenvalue weighted by molar-refractivity contribution is -0.122. The van der Waals surface area contributed by atoms with Crippen LogP contribution in [-0.4, -0.2) is 34.0 Å². The highest BCUT2D eigenvalue weighted by molar-refractivity contribution is 7.89. The molecule has 1 rings (SSSR count). The molecule has 1 aromatic carbocycles. The summed E-state index contributed by atoms with van der Waals surface area (Å²) in [6, 6.07) is 5.93. The van der Waals surface area contributed by atoms with Gasteiger partial charge in [-0.15, -0.1) is 6.58 Å². The van der Waals surface area contributed by atoms with Crippen LogP contribution in [0.1, 0.15) is 13.8 Å². The van der Waals surface area contributed by atoms with E-state index in [1.807, 2.05) is 13.8 Å². The van der Waals surface area contributed by atoms with Crippen molar-refractivity contribution in [3.8, 4) is 5.75 Å². The van der Waals surface area contributed by atoms with Crippen LogP contribution < -0.4 is 14.8 Å². The lowest BCUT2D eigenvalue weighted by Crippen LogP contribution is -2.29. The monoisotopic (exact) mass is 326 g/mol. The lowest BCUT2D eigenvalue weighted by atomic mass is 10.2. The zero-order valence-corrected chi connectivity index (χ0v) is 13.7. The number of rotatable bonds is 9. The molecule has 0 atom stereocenters. The van der Waals surface area contributed by atoms with E-state index in [-0.39, 0.29) is 23.3 Å². The minimum absolute atomic E-state index is 0.133. The number of nitrogens with one attached hydrogen (secondary N) is 2. The van der Waals surface area contributed by atoms with Gasteiger partial charge in [0.05, 0.1) is 4.90 Å². The summed E-state index contributed by atoms with van der Waals surface area (Å²) >= 11 is 0. The number of carbonyl (C=O) groups excluding carboxylic acids is 1. The van der Waals surface area contributed by atoms with E-state index in [2.05, 4.69) is 16.6 Å². The molecule has 2 N–H and O–H groups in total. The van der Waals surface area contributed by atoms with Gasteiger partial charge in [0.25, 0.3) is 5.91 Å². The molecule has 0 saturated heterocycles. The zero-order chi connectivity index (χ0) is 16.6. The van der Waals surface area contributed by atoms with Crippen molar-refractivity contribution in [1.29, 1.82) is 0 Å². The fourth-order valence-electron chi connectivity index (χ4n) is 1.46. The number of ether oxygens (including phenoxy) is 1. The Bertz CT molecular complexity index is 594. The first-order valence-corrected chi connectivity index (χ1v) is 8.43. The maximum Gasteiger partial charge on any atom is 0.258 e. The Morgan fingerprint density at radius 2 is 1.95 bits per heavy atom. The average molecular weight is 326 g/mol. The molecule has 0 aliphatic carbocycles. The van der Waals surface area contributed by atoms with Crippen LogP contribution in [0.3, 0.4) is 0 Å². The largest absolute Gasteiger partial charge is 0.484 e. The van der Waals surface area contributed by atoms with Crippen molar-refractivity contribution in [1.82, 2.24) is 10.0 Å². The Balaban J connectivity index is 2.59. The maximum atomic E-state index is 12.0. The van der Waals surface area contributed by atoms with E-state index in [1.165, 1.54) is 24.3 Å². The third kappa shape index (κ3) is 6.28. The minimum atomic E-state index is -3.51. The highest BCUT2D eigenvalue weighted by atomic mass is 32.2. The number of carbonyl (C=O) groups is 1. The summed E-state index contributed by atoms with van der Waals surface area (Å²) < 4.78 is 31.8. The summed E-state index contributed by atoms with van der Waals surface area (Å²) in [5.74, 6) is 0.387. The van der Waals surface area contributed by atoms with Crippen molar-refractivity contribution in [2.24, 2.45) is 5.92 Å². The molecular formula is C15H22N2O4S. The number of hydrogen-bond donors (Lipinski definition) is 2. The second-order valence-electron chi connectivity index (χ2n) is 5.10. The number of benzene rings is 1. The van der Waals surface area contributed by atoms with Crippen LogP contribution in [0.25, 0.3) is 0 Å². The summed E-state index contributed by atoms with van der Waals surface area (Å²) in [7, 11) is -3.51.